The first-order valence-corrected chi connectivity index (χ1v) is 7.96. The highest BCUT2D eigenvalue weighted by atomic mass is 35.5. The number of thiocarbonyl (C=S) groups is 1. The largest absolute Gasteiger partial charge is 0.389 e. The number of nitrogens with one attached hydrogen (secondary N) is 1. The van der Waals surface area contributed by atoms with Gasteiger partial charge in [-0.15, -0.1) is 0 Å². The van der Waals surface area contributed by atoms with Crippen LogP contribution in [-0.4, -0.2) is 39.6 Å². The van der Waals surface area contributed by atoms with Crippen LogP contribution in [0.1, 0.15) is 5.56 Å². The molecular weight excluding hydrogens is 346 g/mol. The van der Waals surface area contributed by atoms with Crippen molar-refractivity contribution in [3.05, 3.63) is 28.8 Å². The molecule has 0 saturated heterocycles. The predicted octanol–water partition coefficient (Wildman–Crippen LogP) is 1.53. The highest BCUT2D eigenvalue weighted by Crippen LogP contribution is 2.22. The van der Waals surface area contributed by atoms with Gasteiger partial charge in [0.2, 0.25) is 10.0 Å². The molecule has 1 aromatic carbocycles. The summed E-state index contributed by atoms with van der Waals surface area (Å²) in [4.78, 5) is -0.0627. The minimum absolute atomic E-state index is 0.0405. The highest BCUT2D eigenvalue weighted by molar-refractivity contribution is 7.89. The molecule has 0 bridgehead atoms. The van der Waals surface area contributed by atoms with E-state index in [4.69, 9.17) is 29.6 Å². The standard InChI is InChI=1S/C11H13ClF2N2O3S2/c12-8-5-7(11(15)20)1-2-9(8)21(17,18)16-3-4-19-6-10(13)14/h1-2,5,10,16H,3-4,6H2,(H2,15,20). The molecule has 0 aromatic heterocycles. The van der Waals surface area contributed by atoms with Crippen LogP contribution in [0.15, 0.2) is 23.1 Å². The zero-order valence-corrected chi connectivity index (χ0v) is 13.1. The molecule has 0 unspecified atom stereocenters. The highest BCUT2D eigenvalue weighted by Gasteiger charge is 2.18. The third-order valence-corrected chi connectivity index (χ3v) is 4.47. The van der Waals surface area contributed by atoms with E-state index in [1.807, 2.05) is 0 Å². The minimum Gasteiger partial charge on any atom is -0.389 e. The van der Waals surface area contributed by atoms with Crippen molar-refractivity contribution >= 4 is 38.8 Å². The fraction of sp³-hybridized carbons (Fsp3) is 0.364. The monoisotopic (exact) mass is 358 g/mol. The normalized spacial score (nSPS) is 11.8. The van der Waals surface area contributed by atoms with E-state index in [0.29, 0.717) is 5.56 Å². The topological polar surface area (TPSA) is 81.4 Å². The number of hydrogen-bond donors (Lipinski definition) is 2. The summed E-state index contributed by atoms with van der Waals surface area (Å²) < 4.78 is 54.3. The molecule has 0 aliphatic heterocycles. The molecular formula is C11H13ClF2N2O3S2. The fourth-order valence-corrected chi connectivity index (χ4v) is 3.05. The van der Waals surface area contributed by atoms with Crippen LogP contribution in [0, 0.1) is 0 Å². The van der Waals surface area contributed by atoms with Crippen LogP contribution in [0.4, 0.5) is 8.78 Å². The van der Waals surface area contributed by atoms with Gasteiger partial charge in [-0.1, -0.05) is 29.9 Å². The zero-order valence-electron chi connectivity index (χ0n) is 10.7. The van der Waals surface area contributed by atoms with E-state index in [0.717, 1.165) is 0 Å². The van der Waals surface area contributed by atoms with Crippen LogP contribution in [0.25, 0.3) is 0 Å². The van der Waals surface area contributed by atoms with E-state index in [1.54, 1.807) is 0 Å². The lowest BCUT2D eigenvalue weighted by molar-refractivity contribution is 0.0199. The average molecular weight is 359 g/mol. The van der Waals surface area contributed by atoms with Crippen molar-refractivity contribution in [2.75, 3.05) is 19.8 Å². The molecule has 10 heteroatoms. The lowest BCUT2D eigenvalue weighted by Crippen LogP contribution is -2.28. The van der Waals surface area contributed by atoms with Gasteiger partial charge in [-0.25, -0.2) is 21.9 Å². The number of benzene rings is 1. The van der Waals surface area contributed by atoms with Gasteiger partial charge in [0, 0.05) is 12.1 Å². The number of ether oxygens (including phenoxy) is 1. The van der Waals surface area contributed by atoms with Gasteiger partial charge >= 0.3 is 0 Å². The molecule has 1 aromatic rings. The summed E-state index contributed by atoms with van der Waals surface area (Å²) in [6.07, 6.45) is -2.59. The Morgan fingerprint density at radius 2 is 2.14 bits per heavy atom. The lowest BCUT2D eigenvalue weighted by atomic mass is 10.2. The van der Waals surface area contributed by atoms with Crippen molar-refractivity contribution in [2.45, 2.75) is 11.3 Å². The maximum Gasteiger partial charge on any atom is 0.261 e. The number of nitrogens with two attached hydrogens (primary N) is 1. The maximum absolute atomic E-state index is 12.0. The van der Waals surface area contributed by atoms with E-state index >= 15 is 0 Å². The van der Waals surface area contributed by atoms with E-state index in [-0.39, 0.29) is 28.1 Å². The second kappa shape index (κ2) is 7.95. The van der Waals surface area contributed by atoms with Gasteiger partial charge in [0.05, 0.1) is 11.6 Å². The van der Waals surface area contributed by atoms with Gasteiger partial charge in [-0.3, -0.25) is 0 Å². The number of hydrogen-bond acceptors (Lipinski definition) is 4. The second-order valence-corrected chi connectivity index (χ2v) is 6.46. The summed E-state index contributed by atoms with van der Waals surface area (Å²) in [6, 6.07) is 4.03. The molecule has 0 saturated carbocycles. The van der Waals surface area contributed by atoms with Gasteiger partial charge in [-0.2, -0.15) is 0 Å². The van der Waals surface area contributed by atoms with Gasteiger partial charge in [0.15, 0.2) is 0 Å². The van der Waals surface area contributed by atoms with Gasteiger partial charge < -0.3 is 10.5 Å². The average Bonchev–Trinajstić information content (AvgIpc) is 2.37. The Kier molecular flexibility index (Phi) is 6.88. The fourth-order valence-electron chi connectivity index (χ4n) is 1.37. The molecule has 0 aliphatic rings. The Balaban J connectivity index is 2.68. The van der Waals surface area contributed by atoms with Crippen LogP contribution in [0.2, 0.25) is 5.02 Å². The summed E-state index contributed by atoms with van der Waals surface area (Å²) >= 11 is 10.6. The van der Waals surface area contributed by atoms with Crippen LogP contribution in [-0.2, 0) is 14.8 Å². The van der Waals surface area contributed by atoms with Crippen LogP contribution < -0.4 is 10.5 Å². The summed E-state index contributed by atoms with van der Waals surface area (Å²) in [7, 11) is -3.87. The van der Waals surface area contributed by atoms with Crippen LogP contribution in [0.3, 0.4) is 0 Å². The molecule has 21 heavy (non-hydrogen) atoms. The molecule has 1 rings (SSSR count). The minimum atomic E-state index is -3.87. The summed E-state index contributed by atoms with van der Waals surface area (Å²) in [6.45, 7) is -1.07. The Morgan fingerprint density at radius 3 is 2.67 bits per heavy atom. The molecule has 0 spiro atoms. The molecule has 0 aliphatic carbocycles. The van der Waals surface area contributed by atoms with Gasteiger partial charge in [0.1, 0.15) is 16.5 Å². The van der Waals surface area contributed by atoms with E-state index < -0.39 is 23.1 Å². The number of sulfonamides is 1. The Hall–Kier alpha value is -0.870. The first kappa shape index (κ1) is 18.2. The van der Waals surface area contributed by atoms with Crippen molar-refractivity contribution in [2.24, 2.45) is 5.73 Å². The van der Waals surface area contributed by atoms with E-state index in [1.165, 1.54) is 18.2 Å². The molecule has 0 atom stereocenters. The SMILES string of the molecule is NC(=S)c1ccc(S(=O)(=O)NCCOCC(F)F)c(Cl)c1. The molecule has 0 fully saturated rings. The van der Waals surface area contributed by atoms with E-state index in [2.05, 4.69) is 9.46 Å². The summed E-state index contributed by atoms with van der Waals surface area (Å²) in [5.41, 5.74) is 5.85. The quantitative estimate of drug-likeness (QED) is 0.544. The third kappa shape index (κ3) is 5.79. The maximum atomic E-state index is 12.0. The zero-order chi connectivity index (χ0) is 16.0. The van der Waals surface area contributed by atoms with Crippen molar-refractivity contribution in [3.63, 3.8) is 0 Å². The molecule has 5 nitrogen and oxygen atoms in total. The molecule has 0 amide bonds. The smallest absolute Gasteiger partial charge is 0.261 e. The Labute approximate surface area is 131 Å². The molecule has 3 N–H and O–H groups in total. The number of alkyl halides is 2. The summed E-state index contributed by atoms with van der Waals surface area (Å²) in [5, 5.41) is -0.0405. The number of halogens is 3. The van der Waals surface area contributed by atoms with Crippen molar-refractivity contribution < 1.29 is 21.9 Å². The predicted molar refractivity (Wildman–Crippen MR) is 79.4 cm³/mol. The van der Waals surface area contributed by atoms with E-state index in [9.17, 15) is 17.2 Å². The first-order chi connectivity index (χ1) is 9.74. The van der Waals surface area contributed by atoms with Crippen molar-refractivity contribution in [1.29, 1.82) is 0 Å². The van der Waals surface area contributed by atoms with Gasteiger partial charge in [0.25, 0.3) is 6.43 Å². The molecule has 0 radical (unpaired) electrons. The lowest BCUT2D eigenvalue weighted by Gasteiger charge is -2.09. The van der Waals surface area contributed by atoms with Crippen LogP contribution >= 0.6 is 23.8 Å². The Morgan fingerprint density at radius 1 is 1.48 bits per heavy atom. The summed E-state index contributed by atoms with van der Waals surface area (Å²) in [5.74, 6) is 0. The second-order valence-electron chi connectivity index (χ2n) is 3.87. The number of rotatable bonds is 8. The van der Waals surface area contributed by atoms with Crippen molar-refractivity contribution in [3.8, 4) is 0 Å². The molecule has 0 heterocycles. The van der Waals surface area contributed by atoms with Gasteiger partial charge in [-0.05, 0) is 12.1 Å². The Bertz CT molecular complexity index is 611. The first-order valence-electron chi connectivity index (χ1n) is 5.69. The van der Waals surface area contributed by atoms with Crippen molar-refractivity contribution in [1.82, 2.24) is 4.72 Å². The third-order valence-electron chi connectivity index (χ3n) is 2.29. The van der Waals surface area contributed by atoms with Crippen LogP contribution in [0.5, 0.6) is 0 Å². The molecule has 118 valence electrons.